The average Bonchev–Trinajstić information content (AvgIpc) is 2.72. The summed E-state index contributed by atoms with van der Waals surface area (Å²) in [5.74, 6) is -1.46. The lowest BCUT2D eigenvalue weighted by molar-refractivity contribution is -0.151. The summed E-state index contributed by atoms with van der Waals surface area (Å²) >= 11 is 0. The summed E-state index contributed by atoms with van der Waals surface area (Å²) in [7, 11) is -3.37. The number of nitrogens with one attached hydrogen (secondary N) is 1. The lowest BCUT2D eigenvalue weighted by Crippen LogP contribution is -2.49. The van der Waals surface area contributed by atoms with E-state index in [0.717, 1.165) is 13.0 Å². The first-order valence-electron chi connectivity index (χ1n) is 6.73. The van der Waals surface area contributed by atoms with Crippen LogP contribution in [0.2, 0.25) is 0 Å². The molecule has 0 aromatic heterocycles. The maximum Gasteiger partial charge on any atom is 0.311 e. The zero-order valence-corrected chi connectivity index (χ0v) is 11.8. The van der Waals surface area contributed by atoms with E-state index in [1.807, 2.05) is 0 Å². The minimum atomic E-state index is -3.37. The van der Waals surface area contributed by atoms with E-state index in [-0.39, 0.29) is 5.75 Å². The van der Waals surface area contributed by atoms with Gasteiger partial charge < -0.3 is 10.4 Å². The van der Waals surface area contributed by atoms with Gasteiger partial charge in [-0.2, -0.15) is 0 Å². The normalized spacial score (nSPS) is 31.7. The lowest BCUT2D eigenvalue weighted by Gasteiger charge is -2.38. The number of carbonyl (C=O) groups is 1. The van der Waals surface area contributed by atoms with Crippen LogP contribution in [-0.2, 0) is 14.6 Å². The summed E-state index contributed by atoms with van der Waals surface area (Å²) in [5, 5.41) is 12.8. The highest BCUT2D eigenvalue weighted by Crippen LogP contribution is 2.48. The van der Waals surface area contributed by atoms with Gasteiger partial charge in [-0.15, -0.1) is 0 Å². The van der Waals surface area contributed by atoms with Gasteiger partial charge in [0.15, 0.2) is 9.84 Å². The first kappa shape index (κ1) is 13.6. The molecule has 1 aromatic carbocycles. The van der Waals surface area contributed by atoms with E-state index < -0.39 is 27.1 Å². The number of hydrogen-bond acceptors (Lipinski definition) is 4. The van der Waals surface area contributed by atoms with E-state index in [1.165, 1.54) is 0 Å². The Morgan fingerprint density at radius 3 is 2.75 bits per heavy atom. The van der Waals surface area contributed by atoms with Gasteiger partial charge >= 0.3 is 5.97 Å². The van der Waals surface area contributed by atoms with E-state index in [2.05, 4.69) is 5.32 Å². The van der Waals surface area contributed by atoms with Crippen LogP contribution in [0.4, 0.5) is 0 Å². The molecule has 0 amide bonds. The van der Waals surface area contributed by atoms with Crippen molar-refractivity contribution in [1.82, 2.24) is 5.32 Å². The lowest BCUT2D eigenvalue weighted by atomic mass is 9.68. The molecule has 0 bridgehead atoms. The third-order valence-corrected chi connectivity index (χ3v) is 6.34. The fourth-order valence-corrected chi connectivity index (χ4v) is 5.44. The molecular weight excluding hydrogens is 278 g/mol. The van der Waals surface area contributed by atoms with Gasteiger partial charge in [-0.05, 0) is 31.0 Å². The van der Waals surface area contributed by atoms with Gasteiger partial charge in [0.2, 0.25) is 0 Å². The number of piperidine rings is 1. The van der Waals surface area contributed by atoms with E-state index in [0.29, 0.717) is 23.4 Å². The third-order valence-electron chi connectivity index (χ3n) is 4.53. The second-order valence-electron chi connectivity index (χ2n) is 5.61. The first-order chi connectivity index (χ1) is 9.47. The molecule has 1 saturated heterocycles. The van der Waals surface area contributed by atoms with Crippen LogP contribution in [0, 0.1) is 5.41 Å². The van der Waals surface area contributed by atoms with Crippen molar-refractivity contribution in [1.29, 1.82) is 0 Å². The Morgan fingerprint density at radius 1 is 1.35 bits per heavy atom. The molecule has 0 radical (unpaired) electrons. The number of fused-ring (bicyclic) bond motifs is 1. The standard InChI is InChI=1S/C14H17NO4S/c16-13(17)14(6-3-7-15-9-14)11-8-20(18,19)12-5-2-1-4-10(11)12/h1-2,4-5,11,15H,3,6-9H2,(H,16,17). The monoisotopic (exact) mass is 295 g/mol. The number of carboxylic acid groups (broad SMARTS) is 1. The van der Waals surface area contributed by atoms with Crippen LogP contribution in [0.15, 0.2) is 29.2 Å². The summed E-state index contributed by atoms with van der Waals surface area (Å²) in [6.45, 7) is 1.12. The Labute approximate surface area is 117 Å². The van der Waals surface area contributed by atoms with Gasteiger partial charge in [0.05, 0.1) is 16.1 Å². The molecule has 1 aromatic rings. The second kappa shape index (κ2) is 4.56. The van der Waals surface area contributed by atoms with Crippen molar-refractivity contribution in [2.75, 3.05) is 18.8 Å². The average molecular weight is 295 g/mol. The van der Waals surface area contributed by atoms with Crippen LogP contribution in [0.3, 0.4) is 0 Å². The summed E-state index contributed by atoms with van der Waals surface area (Å²) < 4.78 is 24.5. The molecule has 108 valence electrons. The zero-order chi connectivity index (χ0) is 14.4. The Kier molecular flexibility index (Phi) is 3.10. The van der Waals surface area contributed by atoms with Crippen molar-refractivity contribution < 1.29 is 18.3 Å². The molecule has 2 aliphatic rings. The number of hydrogen-bond donors (Lipinski definition) is 2. The molecule has 0 aliphatic carbocycles. The molecule has 5 nitrogen and oxygen atoms in total. The Morgan fingerprint density at radius 2 is 2.10 bits per heavy atom. The van der Waals surface area contributed by atoms with Gasteiger partial charge in [-0.1, -0.05) is 18.2 Å². The van der Waals surface area contributed by atoms with Gasteiger partial charge in [-0.25, -0.2) is 8.42 Å². The summed E-state index contributed by atoms with van der Waals surface area (Å²) in [6, 6.07) is 6.80. The molecule has 20 heavy (non-hydrogen) atoms. The highest BCUT2D eigenvalue weighted by molar-refractivity contribution is 7.91. The highest BCUT2D eigenvalue weighted by Gasteiger charge is 2.52. The SMILES string of the molecule is O=C(O)C1(C2CS(=O)(=O)c3ccccc32)CCCNC1. The second-order valence-corrected chi connectivity index (χ2v) is 7.62. The van der Waals surface area contributed by atoms with Crippen LogP contribution >= 0.6 is 0 Å². The maximum absolute atomic E-state index is 12.3. The van der Waals surface area contributed by atoms with Crippen molar-refractivity contribution in [2.24, 2.45) is 5.41 Å². The minimum absolute atomic E-state index is 0.0969. The minimum Gasteiger partial charge on any atom is -0.481 e. The predicted octanol–water partition coefficient (Wildman–Crippen LogP) is 1.01. The molecule has 0 saturated carbocycles. The van der Waals surface area contributed by atoms with Crippen molar-refractivity contribution in [3.05, 3.63) is 29.8 Å². The van der Waals surface area contributed by atoms with Gasteiger partial charge in [0, 0.05) is 12.5 Å². The number of rotatable bonds is 2. The smallest absolute Gasteiger partial charge is 0.311 e. The topological polar surface area (TPSA) is 83.5 Å². The highest BCUT2D eigenvalue weighted by atomic mass is 32.2. The third kappa shape index (κ3) is 1.86. The van der Waals surface area contributed by atoms with Crippen molar-refractivity contribution in [3.63, 3.8) is 0 Å². The van der Waals surface area contributed by atoms with Crippen LogP contribution in [0.25, 0.3) is 0 Å². The molecule has 2 N–H and O–H groups in total. The summed E-state index contributed by atoms with van der Waals surface area (Å²) in [5.41, 5.74) is -0.351. The van der Waals surface area contributed by atoms with Crippen molar-refractivity contribution >= 4 is 15.8 Å². The quantitative estimate of drug-likeness (QED) is 0.851. The van der Waals surface area contributed by atoms with Crippen LogP contribution in [0.5, 0.6) is 0 Å². The fraction of sp³-hybridized carbons (Fsp3) is 0.500. The molecule has 3 rings (SSSR count). The largest absolute Gasteiger partial charge is 0.481 e. The molecule has 2 unspecified atom stereocenters. The van der Waals surface area contributed by atoms with Crippen LogP contribution in [-0.4, -0.2) is 38.3 Å². The van der Waals surface area contributed by atoms with Crippen molar-refractivity contribution in [2.45, 2.75) is 23.7 Å². The molecule has 1 fully saturated rings. The van der Waals surface area contributed by atoms with E-state index >= 15 is 0 Å². The number of aliphatic carboxylic acids is 1. The molecule has 2 heterocycles. The maximum atomic E-state index is 12.3. The number of benzene rings is 1. The number of carboxylic acids is 1. The Hall–Kier alpha value is -1.40. The summed E-state index contributed by atoms with van der Waals surface area (Å²) in [4.78, 5) is 12.2. The zero-order valence-electron chi connectivity index (χ0n) is 11.0. The van der Waals surface area contributed by atoms with Gasteiger partial charge in [0.1, 0.15) is 0 Å². The van der Waals surface area contributed by atoms with E-state index in [9.17, 15) is 18.3 Å². The van der Waals surface area contributed by atoms with E-state index in [4.69, 9.17) is 0 Å². The Balaban J connectivity index is 2.13. The predicted molar refractivity (Wildman–Crippen MR) is 73.4 cm³/mol. The summed E-state index contributed by atoms with van der Waals surface area (Å²) in [6.07, 6.45) is 1.27. The number of sulfone groups is 1. The van der Waals surface area contributed by atoms with Gasteiger partial charge in [-0.3, -0.25) is 4.79 Å². The Bertz CT molecular complexity index is 647. The van der Waals surface area contributed by atoms with Crippen molar-refractivity contribution in [3.8, 4) is 0 Å². The molecular formula is C14H17NO4S. The van der Waals surface area contributed by atoms with E-state index in [1.54, 1.807) is 24.3 Å². The fourth-order valence-electron chi connectivity index (χ4n) is 3.47. The molecule has 0 spiro atoms. The van der Waals surface area contributed by atoms with Gasteiger partial charge in [0.25, 0.3) is 0 Å². The molecule has 6 heteroatoms. The van der Waals surface area contributed by atoms with Crippen LogP contribution < -0.4 is 5.32 Å². The first-order valence-corrected chi connectivity index (χ1v) is 8.38. The molecule has 2 aliphatic heterocycles. The molecule has 2 atom stereocenters. The van der Waals surface area contributed by atoms with Crippen LogP contribution in [0.1, 0.15) is 24.3 Å².